The van der Waals surface area contributed by atoms with Crippen molar-refractivity contribution in [3.63, 3.8) is 0 Å². The number of nitrogens with zero attached hydrogens (tertiary/aromatic N) is 1. The lowest BCUT2D eigenvalue weighted by Crippen LogP contribution is -2.48. The number of hydrogen-bond donors (Lipinski definition) is 1. The van der Waals surface area contributed by atoms with Gasteiger partial charge in [-0.3, -0.25) is 4.79 Å². The summed E-state index contributed by atoms with van der Waals surface area (Å²) in [5.41, 5.74) is 1.60. The van der Waals surface area contributed by atoms with E-state index in [1.165, 1.54) is 11.3 Å². The Bertz CT molecular complexity index is 642. The molecule has 0 spiro atoms. The zero-order chi connectivity index (χ0) is 15.0. The van der Waals surface area contributed by atoms with Crippen molar-refractivity contribution in [1.29, 1.82) is 0 Å². The summed E-state index contributed by atoms with van der Waals surface area (Å²) in [4.78, 5) is 18.7. The highest BCUT2D eigenvalue weighted by Crippen LogP contribution is 2.33. The number of morpholine rings is 1. The second-order valence-corrected chi connectivity index (χ2v) is 7.07. The van der Waals surface area contributed by atoms with Crippen LogP contribution in [0.4, 0.5) is 0 Å². The Morgan fingerprint density at radius 3 is 2.67 bits per heavy atom. The fourth-order valence-corrected chi connectivity index (χ4v) is 3.79. The van der Waals surface area contributed by atoms with E-state index in [0.717, 1.165) is 14.8 Å². The minimum Gasteiger partial charge on any atom is -0.372 e. The highest BCUT2D eigenvalue weighted by molar-refractivity contribution is 7.19. The molecule has 1 N–H and O–H groups in total. The summed E-state index contributed by atoms with van der Waals surface area (Å²) in [6.45, 7) is 5.23. The van der Waals surface area contributed by atoms with Crippen molar-refractivity contribution in [2.75, 3.05) is 13.1 Å². The second-order valence-electron chi connectivity index (χ2n) is 5.35. The normalized spacial score (nSPS) is 22.5. The molecule has 3 rings (SSSR count). The SMILES string of the molecule is C[C@@H]1CN(C(=O)c2c[nH]cc2-c2ccc(Cl)s2)C[C@H](C)O1. The van der Waals surface area contributed by atoms with E-state index in [1.807, 2.05) is 37.1 Å². The lowest BCUT2D eigenvalue weighted by molar-refractivity contribution is -0.0585. The molecule has 1 amide bonds. The van der Waals surface area contributed by atoms with Crippen molar-refractivity contribution < 1.29 is 9.53 Å². The molecule has 0 saturated carbocycles. The summed E-state index contributed by atoms with van der Waals surface area (Å²) in [5.74, 6) is 0.0396. The second kappa shape index (κ2) is 5.83. The van der Waals surface area contributed by atoms with Gasteiger partial charge < -0.3 is 14.6 Å². The molecule has 2 atom stereocenters. The molecule has 4 nitrogen and oxygen atoms in total. The lowest BCUT2D eigenvalue weighted by Gasteiger charge is -2.35. The van der Waals surface area contributed by atoms with Gasteiger partial charge in [-0.2, -0.15) is 0 Å². The number of aromatic amines is 1. The van der Waals surface area contributed by atoms with Gasteiger partial charge in [0.1, 0.15) is 0 Å². The van der Waals surface area contributed by atoms with Crippen molar-refractivity contribution in [2.45, 2.75) is 26.1 Å². The third-order valence-electron chi connectivity index (χ3n) is 3.52. The number of carbonyl (C=O) groups excluding carboxylic acids is 1. The molecule has 1 fully saturated rings. The van der Waals surface area contributed by atoms with E-state index in [9.17, 15) is 4.79 Å². The van der Waals surface area contributed by atoms with E-state index in [0.29, 0.717) is 18.7 Å². The molecule has 0 unspecified atom stereocenters. The number of rotatable bonds is 2. The molecule has 112 valence electrons. The quantitative estimate of drug-likeness (QED) is 0.916. The van der Waals surface area contributed by atoms with Gasteiger partial charge in [-0.15, -0.1) is 11.3 Å². The molecule has 2 aromatic rings. The van der Waals surface area contributed by atoms with E-state index < -0.39 is 0 Å². The van der Waals surface area contributed by atoms with Crippen LogP contribution in [0.5, 0.6) is 0 Å². The first kappa shape index (κ1) is 14.6. The van der Waals surface area contributed by atoms with Crippen LogP contribution in [0, 0.1) is 0 Å². The van der Waals surface area contributed by atoms with E-state index in [1.54, 1.807) is 6.20 Å². The highest BCUT2D eigenvalue weighted by Gasteiger charge is 2.28. The molecule has 0 aromatic carbocycles. The molecular formula is C15H17ClN2O2S. The van der Waals surface area contributed by atoms with Gasteiger partial charge in [-0.1, -0.05) is 11.6 Å². The zero-order valence-electron chi connectivity index (χ0n) is 11.9. The van der Waals surface area contributed by atoms with Crippen LogP contribution >= 0.6 is 22.9 Å². The molecule has 1 saturated heterocycles. The molecule has 0 aliphatic carbocycles. The zero-order valence-corrected chi connectivity index (χ0v) is 13.5. The van der Waals surface area contributed by atoms with Crippen LogP contribution in [0.3, 0.4) is 0 Å². The topological polar surface area (TPSA) is 45.3 Å². The van der Waals surface area contributed by atoms with Gasteiger partial charge >= 0.3 is 0 Å². The van der Waals surface area contributed by atoms with Gasteiger partial charge in [0.2, 0.25) is 0 Å². The van der Waals surface area contributed by atoms with Gasteiger partial charge in [0.05, 0.1) is 22.1 Å². The van der Waals surface area contributed by atoms with E-state index >= 15 is 0 Å². The van der Waals surface area contributed by atoms with Crippen LogP contribution in [0.15, 0.2) is 24.5 Å². The van der Waals surface area contributed by atoms with Gasteiger partial charge in [0.25, 0.3) is 5.91 Å². The van der Waals surface area contributed by atoms with Crippen LogP contribution < -0.4 is 0 Å². The van der Waals surface area contributed by atoms with Crippen LogP contribution in [0.25, 0.3) is 10.4 Å². The fourth-order valence-electron chi connectivity index (χ4n) is 2.72. The average Bonchev–Trinajstić information content (AvgIpc) is 3.04. The summed E-state index contributed by atoms with van der Waals surface area (Å²) in [6.07, 6.45) is 3.74. The monoisotopic (exact) mass is 324 g/mol. The Morgan fingerprint density at radius 1 is 1.33 bits per heavy atom. The maximum absolute atomic E-state index is 12.8. The third kappa shape index (κ3) is 3.00. The Labute approximate surface area is 132 Å². The summed E-state index contributed by atoms with van der Waals surface area (Å²) in [5, 5.41) is 0. The number of nitrogens with one attached hydrogen (secondary N) is 1. The van der Waals surface area contributed by atoms with E-state index in [4.69, 9.17) is 16.3 Å². The van der Waals surface area contributed by atoms with Crippen molar-refractivity contribution >= 4 is 28.8 Å². The third-order valence-corrected chi connectivity index (χ3v) is 4.79. The van der Waals surface area contributed by atoms with Crippen molar-refractivity contribution in [3.8, 4) is 10.4 Å². The van der Waals surface area contributed by atoms with Crippen LogP contribution in [-0.2, 0) is 4.74 Å². The van der Waals surface area contributed by atoms with Gasteiger partial charge in [0, 0.05) is 35.9 Å². The molecule has 3 heterocycles. The summed E-state index contributed by atoms with van der Waals surface area (Å²) in [6, 6.07) is 3.79. The number of ether oxygens (including phenoxy) is 1. The first-order valence-corrected chi connectivity index (χ1v) is 8.11. The molecule has 1 aliphatic rings. The van der Waals surface area contributed by atoms with Gasteiger partial charge in [-0.25, -0.2) is 0 Å². The molecule has 6 heteroatoms. The van der Waals surface area contributed by atoms with Crippen LogP contribution in [0.1, 0.15) is 24.2 Å². The maximum atomic E-state index is 12.8. The van der Waals surface area contributed by atoms with Crippen molar-refractivity contribution in [1.82, 2.24) is 9.88 Å². The largest absolute Gasteiger partial charge is 0.372 e. The summed E-state index contributed by atoms with van der Waals surface area (Å²) < 4.78 is 6.41. The van der Waals surface area contributed by atoms with Crippen LogP contribution in [0.2, 0.25) is 4.34 Å². The molecule has 21 heavy (non-hydrogen) atoms. The number of aromatic nitrogens is 1. The molecule has 2 aromatic heterocycles. The molecule has 1 aliphatic heterocycles. The number of halogens is 1. The average molecular weight is 325 g/mol. The first-order chi connectivity index (χ1) is 10.0. The van der Waals surface area contributed by atoms with Gasteiger partial charge in [0.15, 0.2) is 0 Å². The molecule has 0 radical (unpaired) electrons. The maximum Gasteiger partial charge on any atom is 0.256 e. The summed E-state index contributed by atoms with van der Waals surface area (Å²) in [7, 11) is 0. The number of hydrogen-bond acceptors (Lipinski definition) is 3. The van der Waals surface area contributed by atoms with E-state index in [2.05, 4.69) is 4.98 Å². The predicted molar refractivity (Wildman–Crippen MR) is 85.0 cm³/mol. The minimum atomic E-state index is 0.0396. The number of H-pyrrole nitrogens is 1. The van der Waals surface area contributed by atoms with E-state index in [-0.39, 0.29) is 18.1 Å². The Kier molecular flexibility index (Phi) is 4.06. The highest BCUT2D eigenvalue weighted by atomic mass is 35.5. The van der Waals surface area contributed by atoms with Crippen LogP contribution in [-0.4, -0.2) is 41.1 Å². The van der Waals surface area contributed by atoms with Crippen molar-refractivity contribution in [3.05, 3.63) is 34.4 Å². The molecular weight excluding hydrogens is 308 g/mol. The minimum absolute atomic E-state index is 0.0396. The Hall–Kier alpha value is -1.30. The predicted octanol–water partition coefficient (Wildman–Crippen LogP) is 3.65. The number of thiophene rings is 1. The standard InChI is InChI=1S/C15H17ClN2O2S/c1-9-7-18(8-10(2)20-9)15(19)12-6-17-5-11(12)13-3-4-14(16)21-13/h3-6,9-10,17H,7-8H2,1-2H3/t9-,10+. The Morgan fingerprint density at radius 2 is 2.05 bits per heavy atom. The first-order valence-electron chi connectivity index (χ1n) is 6.92. The lowest BCUT2D eigenvalue weighted by atomic mass is 10.1. The van der Waals surface area contributed by atoms with Gasteiger partial charge in [-0.05, 0) is 26.0 Å². The number of carbonyl (C=O) groups is 1. The molecule has 0 bridgehead atoms. The Balaban J connectivity index is 1.87. The summed E-state index contributed by atoms with van der Waals surface area (Å²) >= 11 is 7.47. The smallest absolute Gasteiger partial charge is 0.256 e. The fraction of sp³-hybridized carbons (Fsp3) is 0.400. The van der Waals surface area contributed by atoms with Crippen molar-refractivity contribution in [2.24, 2.45) is 0 Å². The number of amides is 1.